The normalized spacial score (nSPS) is 10.7. The summed E-state index contributed by atoms with van der Waals surface area (Å²) in [6, 6.07) is 10.2. The van der Waals surface area contributed by atoms with Gasteiger partial charge < -0.3 is 5.73 Å². The molecule has 3 rings (SSSR count). The van der Waals surface area contributed by atoms with Crippen LogP contribution in [0.2, 0.25) is 0 Å². The van der Waals surface area contributed by atoms with E-state index in [1.54, 1.807) is 11.3 Å². The summed E-state index contributed by atoms with van der Waals surface area (Å²) < 4.78 is 0. The van der Waals surface area contributed by atoms with E-state index in [9.17, 15) is 0 Å². The van der Waals surface area contributed by atoms with E-state index < -0.39 is 0 Å². The fourth-order valence-electron chi connectivity index (χ4n) is 1.69. The highest BCUT2D eigenvalue weighted by atomic mass is 32.1. The molecule has 0 aliphatic heterocycles. The van der Waals surface area contributed by atoms with Gasteiger partial charge in [0.2, 0.25) is 0 Å². The summed E-state index contributed by atoms with van der Waals surface area (Å²) in [4.78, 5) is 9.85. The number of nitrogen functional groups attached to an aromatic ring is 1. The van der Waals surface area contributed by atoms with Crippen LogP contribution in [0.1, 0.15) is 9.88 Å². The van der Waals surface area contributed by atoms with E-state index in [-0.39, 0.29) is 0 Å². The van der Waals surface area contributed by atoms with Gasteiger partial charge in [0.05, 0.1) is 10.7 Å². The Kier molecular flexibility index (Phi) is 3.08. The molecule has 18 heavy (non-hydrogen) atoms. The van der Waals surface area contributed by atoms with Crippen LogP contribution in [0.5, 0.6) is 0 Å². The zero-order chi connectivity index (χ0) is 12.4. The number of thiazole rings is 2. The van der Waals surface area contributed by atoms with E-state index >= 15 is 0 Å². The SMILES string of the molecule is Nc1ncc(Cc2nc(-c3ccccc3)cs2)s1. The first kappa shape index (κ1) is 11.4. The standard InChI is InChI=1S/C13H11N3S2/c14-13-15-7-10(18-13)6-12-16-11(8-17-12)9-4-2-1-3-5-9/h1-5,7-8H,6H2,(H2,14,15). The third kappa shape index (κ3) is 2.42. The lowest BCUT2D eigenvalue weighted by Crippen LogP contribution is -1.84. The molecule has 2 N–H and O–H groups in total. The molecule has 0 saturated carbocycles. The van der Waals surface area contributed by atoms with Crippen molar-refractivity contribution in [2.45, 2.75) is 6.42 Å². The Hall–Kier alpha value is -1.72. The van der Waals surface area contributed by atoms with E-state index in [1.807, 2.05) is 24.4 Å². The van der Waals surface area contributed by atoms with Gasteiger partial charge in [0, 0.05) is 28.4 Å². The highest BCUT2D eigenvalue weighted by Crippen LogP contribution is 2.25. The first-order valence-electron chi connectivity index (χ1n) is 5.51. The van der Waals surface area contributed by atoms with Crippen LogP contribution < -0.4 is 5.73 Å². The first-order valence-corrected chi connectivity index (χ1v) is 7.21. The largest absolute Gasteiger partial charge is 0.375 e. The third-order valence-corrected chi connectivity index (χ3v) is 4.19. The summed E-state index contributed by atoms with van der Waals surface area (Å²) in [5, 5.41) is 3.80. The van der Waals surface area contributed by atoms with Gasteiger partial charge in [0.15, 0.2) is 5.13 Å². The number of anilines is 1. The Morgan fingerprint density at radius 2 is 2.00 bits per heavy atom. The van der Waals surface area contributed by atoms with Gasteiger partial charge in [-0.15, -0.1) is 22.7 Å². The fraction of sp³-hybridized carbons (Fsp3) is 0.0769. The van der Waals surface area contributed by atoms with Crippen LogP contribution in [0.25, 0.3) is 11.3 Å². The summed E-state index contributed by atoms with van der Waals surface area (Å²) >= 11 is 3.20. The van der Waals surface area contributed by atoms with Crippen molar-refractivity contribution in [2.24, 2.45) is 0 Å². The molecule has 1 aromatic carbocycles. The number of nitrogens with two attached hydrogens (primary N) is 1. The van der Waals surface area contributed by atoms with Gasteiger partial charge in [0.25, 0.3) is 0 Å². The first-order chi connectivity index (χ1) is 8.81. The van der Waals surface area contributed by atoms with Gasteiger partial charge in [-0.1, -0.05) is 30.3 Å². The smallest absolute Gasteiger partial charge is 0.180 e. The van der Waals surface area contributed by atoms with Crippen molar-refractivity contribution in [1.29, 1.82) is 0 Å². The van der Waals surface area contributed by atoms with E-state index in [0.29, 0.717) is 5.13 Å². The van der Waals surface area contributed by atoms with E-state index in [4.69, 9.17) is 5.73 Å². The summed E-state index contributed by atoms with van der Waals surface area (Å²) in [5.74, 6) is 0. The lowest BCUT2D eigenvalue weighted by atomic mass is 10.2. The molecule has 90 valence electrons. The average Bonchev–Trinajstić information content (AvgIpc) is 3.01. The lowest BCUT2D eigenvalue weighted by molar-refractivity contribution is 1.16. The Morgan fingerprint density at radius 1 is 1.17 bits per heavy atom. The molecule has 3 aromatic rings. The average molecular weight is 273 g/mol. The highest BCUT2D eigenvalue weighted by Gasteiger charge is 2.06. The van der Waals surface area contributed by atoms with Crippen molar-refractivity contribution in [3.8, 4) is 11.3 Å². The maximum Gasteiger partial charge on any atom is 0.180 e. The molecule has 0 radical (unpaired) electrons. The second-order valence-electron chi connectivity index (χ2n) is 3.83. The van der Waals surface area contributed by atoms with Crippen LogP contribution in [0.15, 0.2) is 41.9 Å². The van der Waals surface area contributed by atoms with Crippen molar-refractivity contribution < 1.29 is 0 Å². The van der Waals surface area contributed by atoms with Crippen molar-refractivity contribution in [1.82, 2.24) is 9.97 Å². The van der Waals surface area contributed by atoms with Crippen LogP contribution >= 0.6 is 22.7 Å². The van der Waals surface area contributed by atoms with Gasteiger partial charge >= 0.3 is 0 Å². The lowest BCUT2D eigenvalue weighted by Gasteiger charge is -1.94. The Labute approximate surface area is 113 Å². The number of rotatable bonds is 3. The zero-order valence-electron chi connectivity index (χ0n) is 9.54. The molecule has 2 aromatic heterocycles. The van der Waals surface area contributed by atoms with Crippen LogP contribution in [-0.4, -0.2) is 9.97 Å². The molecular formula is C13H11N3S2. The van der Waals surface area contributed by atoms with Gasteiger partial charge in [0.1, 0.15) is 0 Å². The molecule has 3 nitrogen and oxygen atoms in total. The zero-order valence-corrected chi connectivity index (χ0v) is 11.2. The summed E-state index contributed by atoms with van der Waals surface area (Å²) in [5.41, 5.74) is 7.81. The second-order valence-corrected chi connectivity index (χ2v) is 5.92. The highest BCUT2D eigenvalue weighted by molar-refractivity contribution is 7.15. The summed E-state index contributed by atoms with van der Waals surface area (Å²) in [7, 11) is 0. The van der Waals surface area contributed by atoms with E-state index in [2.05, 4.69) is 27.5 Å². The van der Waals surface area contributed by atoms with Crippen molar-refractivity contribution in [2.75, 3.05) is 5.73 Å². The van der Waals surface area contributed by atoms with E-state index in [1.165, 1.54) is 11.3 Å². The number of hydrogen-bond donors (Lipinski definition) is 1. The third-order valence-electron chi connectivity index (χ3n) is 2.52. The molecule has 0 aliphatic rings. The van der Waals surface area contributed by atoms with Crippen LogP contribution in [0, 0.1) is 0 Å². The number of nitrogens with zero attached hydrogens (tertiary/aromatic N) is 2. The van der Waals surface area contributed by atoms with E-state index in [0.717, 1.165) is 27.6 Å². The minimum atomic E-state index is 0.616. The molecule has 0 spiro atoms. The van der Waals surface area contributed by atoms with Gasteiger partial charge in [-0.25, -0.2) is 9.97 Å². The Bertz CT molecular complexity index is 643. The second kappa shape index (κ2) is 4.88. The minimum Gasteiger partial charge on any atom is -0.375 e. The van der Waals surface area contributed by atoms with Crippen molar-refractivity contribution >= 4 is 27.8 Å². The maximum absolute atomic E-state index is 5.62. The predicted octanol–water partition coefficient (Wildman–Crippen LogP) is 3.44. The molecule has 0 amide bonds. The van der Waals surface area contributed by atoms with Crippen LogP contribution in [0.4, 0.5) is 5.13 Å². The predicted molar refractivity (Wildman–Crippen MR) is 76.9 cm³/mol. The van der Waals surface area contributed by atoms with Crippen molar-refractivity contribution in [3.63, 3.8) is 0 Å². The molecule has 0 bridgehead atoms. The topological polar surface area (TPSA) is 51.8 Å². The summed E-state index contributed by atoms with van der Waals surface area (Å²) in [6.45, 7) is 0. The quantitative estimate of drug-likeness (QED) is 0.795. The fourth-order valence-corrected chi connectivity index (χ4v) is 3.29. The molecule has 0 unspecified atom stereocenters. The van der Waals surface area contributed by atoms with Crippen LogP contribution in [0.3, 0.4) is 0 Å². The molecule has 5 heteroatoms. The molecule has 0 aliphatic carbocycles. The van der Waals surface area contributed by atoms with Gasteiger partial charge in [-0.05, 0) is 0 Å². The molecule has 0 fully saturated rings. The molecule has 2 heterocycles. The Morgan fingerprint density at radius 3 is 2.72 bits per heavy atom. The monoisotopic (exact) mass is 273 g/mol. The minimum absolute atomic E-state index is 0.616. The summed E-state index contributed by atoms with van der Waals surface area (Å²) in [6.07, 6.45) is 2.63. The van der Waals surface area contributed by atoms with Crippen LogP contribution in [-0.2, 0) is 6.42 Å². The number of benzene rings is 1. The molecule has 0 atom stereocenters. The van der Waals surface area contributed by atoms with Gasteiger partial charge in [-0.3, -0.25) is 0 Å². The number of hydrogen-bond acceptors (Lipinski definition) is 5. The molecule has 0 saturated heterocycles. The Balaban J connectivity index is 1.82. The maximum atomic E-state index is 5.62. The number of aromatic nitrogens is 2. The van der Waals surface area contributed by atoms with Gasteiger partial charge in [-0.2, -0.15) is 0 Å². The molecular weight excluding hydrogens is 262 g/mol. The van der Waals surface area contributed by atoms with Crippen molar-refractivity contribution in [3.05, 3.63) is 51.8 Å².